The van der Waals surface area contributed by atoms with E-state index in [0.29, 0.717) is 33.7 Å². The maximum absolute atomic E-state index is 11.3. The van der Waals surface area contributed by atoms with E-state index in [1.807, 2.05) is 90.7 Å². The normalized spacial score (nSPS) is 16.2. The number of nitrogens with one attached hydrogen (secondary N) is 1. The van der Waals surface area contributed by atoms with Gasteiger partial charge in [-0.2, -0.15) is 0 Å². The molecule has 1 saturated heterocycles. The zero-order chi connectivity index (χ0) is 29.2. The van der Waals surface area contributed by atoms with Gasteiger partial charge in [-0.1, -0.05) is 24.3 Å². The van der Waals surface area contributed by atoms with Crippen LogP contribution in [0.3, 0.4) is 0 Å². The Bertz CT molecular complexity index is 1760. The van der Waals surface area contributed by atoms with Gasteiger partial charge in [0, 0.05) is 18.0 Å². The molecule has 1 aliphatic rings. The highest BCUT2D eigenvalue weighted by Gasteiger charge is 2.42. The van der Waals surface area contributed by atoms with Gasteiger partial charge < -0.3 is 24.1 Å². The number of rotatable bonds is 8. The van der Waals surface area contributed by atoms with E-state index in [4.69, 9.17) is 26.1 Å². The molecule has 3 aromatic carbocycles. The molecule has 1 fully saturated rings. The number of ether oxygens (including phenoxy) is 2. The van der Waals surface area contributed by atoms with Gasteiger partial charge in [-0.25, -0.2) is 0 Å². The zero-order valence-electron chi connectivity index (χ0n) is 22.8. The van der Waals surface area contributed by atoms with E-state index in [0.717, 1.165) is 22.7 Å². The van der Waals surface area contributed by atoms with Crippen molar-refractivity contribution in [2.24, 2.45) is 0 Å². The zero-order valence-corrected chi connectivity index (χ0v) is 23.6. The molecule has 5 aromatic rings. The molecule has 1 N–H and O–H groups in total. The highest BCUT2D eigenvalue weighted by molar-refractivity contribution is 7.80. The fraction of sp³-hybridized carbons (Fsp3) is 0.125. The number of aromatic nitrogens is 1. The number of pyridine rings is 1. The number of aryl methyl sites for hydroxylation is 1. The summed E-state index contributed by atoms with van der Waals surface area (Å²) in [7, 11) is 1.47. The number of para-hydroxylation sites is 1. The Labute approximate surface area is 247 Å². The van der Waals surface area contributed by atoms with Crippen LogP contribution in [-0.4, -0.2) is 22.1 Å². The van der Waals surface area contributed by atoms with Crippen LogP contribution in [0.5, 0.6) is 17.2 Å². The molecular weight excluding hydrogens is 552 g/mol. The Kier molecular flexibility index (Phi) is 7.28. The summed E-state index contributed by atoms with van der Waals surface area (Å²) in [6.45, 7) is 2.00. The number of benzene rings is 3. The molecule has 0 radical (unpaired) electrons. The lowest BCUT2D eigenvalue weighted by Gasteiger charge is -2.26. The Balaban J connectivity index is 1.37. The van der Waals surface area contributed by atoms with E-state index in [1.54, 1.807) is 12.3 Å². The number of hydrogen-bond donors (Lipinski definition) is 1. The fourth-order valence-corrected chi connectivity index (χ4v) is 5.39. The van der Waals surface area contributed by atoms with Gasteiger partial charge in [0.15, 0.2) is 5.11 Å². The number of furan rings is 1. The van der Waals surface area contributed by atoms with E-state index in [2.05, 4.69) is 10.3 Å². The third-order valence-corrected chi connectivity index (χ3v) is 7.43. The molecule has 42 heavy (non-hydrogen) atoms. The average Bonchev–Trinajstić information content (AvgIpc) is 3.63. The summed E-state index contributed by atoms with van der Waals surface area (Å²) in [5, 5.41) is 15.2. The predicted molar refractivity (Wildman–Crippen MR) is 163 cm³/mol. The summed E-state index contributed by atoms with van der Waals surface area (Å²) in [4.78, 5) is 17.4. The van der Waals surface area contributed by atoms with Crippen molar-refractivity contribution in [3.05, 3.63) is 130 Å². The van der Waals surface area contributed by atoms with E-state index >= 15 is 0 Å². The monoisotopic (exact) mass is 578 g/mol. The number of methoxy groups -OCH3 is 1. The van der Waals surface area contributed by atoms with Crippen molar-refractivity contribution in [1.29, 1.82) is 0 Å². The number of non-ortho nitro benzene ring substituents is 1. The molecule has 0 aliphatic carbocycles. The van der Waals surface area contributed by atoms with Crippen LogP contribution in [-0.2, 0) is 0 Å². The van der Waals surface area contributed by atoms with Crippen LogP contribution in [0.4, 0.5) is 11.4 Å². The van der Waals surface area contributed by atoms with Crippen molar-refractivity contribution >= 4 is 28.7 Å². The van der Waals surface area contributed by atoms with E-state index in [-0.39, 0.29) is 17.8 Å². The van der Waals surface area contributed by atoms with Gasteiger partial charge in [0.25, 0.3) is 5.69 Å². The van der Waals surface area contributed by atoms with Crippen molar-refractivity contribution in [2.75, 3.05) is 12.0 Å². The van der Waals surface area contributed by atoms with Crippen molar-refractivity contribution in [2.45, 2.75) is 19.0 Å². The molecule has 1 aliphatic heterocycles. The molecule has 9 nitrogen and oxygen atoms in total. The average molecular weight is 579 g/mol. The van der Waals surface area contributed by atoms with Crippen LogP contribution in [0.2, 0.25) is 0 Å². The summed E-state index contributed by atoms with van der Waals surface area (Å²) in [5.41, 5.74) is 3.23. The first-order chi connectivity index (χ1) is 20.4. The van der Waals surface area contributed by atoms with Crippen molar-refractivity contribution in [3.8, 4) is 28.6 Å². The maximum Gasteiger partial charge on any atom is 0.273 e. The molecule has 2 atom stereocenters. The summed E-state index contributed by atoms with van der Waals surface area (Å²) < 4.78 is 18.0. The maximum atomic E-state index is 11.3. The molecule has 10 heteroatoms. The Hall–Kier alpha value is -5.22. The van der Waals surface area contributed by atoms with Gasteiger partial charge >= 0.3 is 0 Å². The Morgan fingerprint density at radius 2 is 1.76 bits per heavy atom. The topological polar surface area (TPSA) is 103 Å². The highest BCUT2D eigenvalue weighted by atomic mass is 32.1. The second-order valence-electron chi connectivity index (χ2n) is 9.70. The van der Waals surface area contributed by atoms with Crippen molar-refractivity contribution in [1.82, 2.24) is 10.3 Å². The smallest absolute Gasteiger partial charge is 0.273 e. The minimum atomic E-state index is -0.461. The van der Waals surface area contributed by atoms with Crippen molar-refractivity contribution < 1.29 is 18.8 Å². The van der Waals surface area contributed by atoms with Gasteiger partial charge in [0.05, 0.1) is 35.4 Å². The third kappa shape index (κ3) is 5.15. The van der Waals surface area contributed by atoms with Gasteiger partial charge in [-0.05, 0) is 85.4 Å². The van der Waals surface area contributed by atoms with Crippen LogP contribution >= 0.6 is 12.2 Å². The Morgan fingerprint density at radius 1 is 0.976 bits per heavy atom. The second kappa shape index (κ2) is 11.3. The van der Waals surface area contributed by atoms with E-state index in [1.165, 1.54) is 19.2 Å². The quantitative estimate of drug-likeness (QED) is 0.114. The van der Waals surface area contributed by atoms with Crippen LogP contribution in [0.25, 0.3) is 11.3 Å². The lowest BCUT2D eigenvalue weighted by molar-refractivity contribution is -0.384. The minimum Gasteiger partial charge on any atom is -0.496 e. The molecule has 0 unspecified atom stereocenters. The molecule has 0 amide bonds. The standard InChI is InChI=1S/C32H26N4O5S/c1-20-7-3-4-9-26(20)40-23-13-10-21(11-14-23)35-31(30(34-32(35)42)25-8-5-6-18-33-25)28-17-16-27(41-28)24-15-12-22(36(37)38)19-29(24)39-2/h3-19,30-31H,1-2H3,(H,34,42)/t30-,31+/m0/s1. The van der Waals surface area contributed by atoms with E-state index < -0.39 is 4.92 Å². The minimum absolute atomic E-state index is 0.0658. The van der Waals surface area contributed by atoms with Gasteiger partial charge in [-0.3, -0.25) is 15.1 Å². The fourth-order valence-electron chi connectivity index (χ4n) is 5.05. The molecule has 210 valence electrons. The molecule has 0 bridgehead atoms. The molecule has 6 rings (SSSR count). The molecule has 0 saturated carbocycles. The lowest BCUT2D eigenvalue weighted by atomic mass is 10.0. The van der Waals surface area contributed by atoms with Gasteiger partial charge in [-0.15, -0.1) is 0 Å². The number of thiocarbonyl (C=S) groups is 1. The number of hydrogen-bond acceptors (Lipinski definition) is 7. The summed E-state index contributed by atoms with van der Waals surface area (Å²) >= 11 is 5.84. The van der Waals surface area contributed by atoms with Crippen LogP contribution in [0.1, 0.15) is 29.1 Å². The highest BCUT2D eigenvalue weighted by Crippen LogP contribution is 2.44. The first-order valence-electron chi connectivity index (χ1n) is 13.2. The van der Waals surface area contributed by atoms with Gasteiger partial charge in [0.2, 0.25) is 0 Å². The second-order valence-corrected chi connectivity index (χ2v) is 10.1. The third-order valence-electron chi connectivity index (χ3n) is 7.11. The molecular formula is C32H26N4O5S. The SMILES string of the molecule is COc1cc([N+](=O)[O-])ccc1-c1ccc([C@@H]2[C@H](c3ccccn3)NC(=S)N2c2ccc(Oc3ccccc3C)cc2)o1. The summed E-state index contributed by atoms with van der Waals surface area (Å²) in [5.74, 6) is 2.98. The summed E-state index contributed by atoms with van der Waals surface area (Å²) in [6, 6.07) is 28.8. The molecule has 3 heterocycles. The first kappa shape index (κ1) is 27.0. The lowest BCUT2D eigenvalue weighted by Crippen LogP contribution is -2.29. The summed E-state index contributed by atoms with van der Waals surface area (Å²) in [6.07, 6.45) is 1.74. The number of nitro groups is 1. The first-order valence-corrected chi connectivity index (χ1v) is 13.6. The molecule has 0 spiro atoms. The number of nitrogens with zero attached hydrogens (tertiary/aromatic N) is 3. The predicted octanol–water partition coefficient (Wildman–Crippen LogP) is 7.54. The number of nitro benzene ring substituents is 1. The Morgan fingerprint density at radius 3 is 2.48 bits per heavy atom. The van der Waals surface area contributed by atoms with Crippen LogP contribution in [0.15, 0.2) is 108 Å². The van der Waals surface area contributed by atoms with Gasteiger partial charge in [0.1, 0.15) is 34.8 Å². The van der Waals surface area contributed by atoms with Crippen molar-refractivity contribution in [3.63, 3.8) is 0 Å². The largest absolute Gasteiger partial charge is 0.496 e. The number of anilines is 1. The molecule has 2 aromatic heterocycles. The van der Waals surface area contributed by atoms with Crippen LogP contribution < -0.4 is 19.7 Å². The van der Waals surface area contributed by atoms with Crippen LogP contribution in [0, 0.1) is 17.0 Å². The van der Waals surface area contributed by atoms with E-state index in [9.17, 15) is 10.1 Å².